The predicted molar refractivity (Wildman–Crippen MR) is 54.1 cm³/mol. The Bertz CT molecular complexity index is 434. The maximum Gasteiger partial charge on any atom is 0.239 e. The van der Waals surface area contributed by atoms with Gasteiger partial charge >= 0.3 is 0 Å². The summed E-state index contributed by atoms with van der Waals surface area (Å²) in [4.78, 5) is 4.05. The molecule has 5 nitrogen and oxygen atoms in total. The molecule has 0 amide bonds. The van der Waals surface area contributed by atoms with Gasteiger partial charge in [-0.15, -0.1) is 5.10 Å². The standard InChI is InChI=1S/C9H11N5/c10-5-6-3-1-2-4-7(6)8-12-9(11)14-13-8/h1-4H,5,10H2,(H3,11,12,13,14). The van der Waals surface area contributed by atoms with Crippen LogP contribution in [0.25, 0.3) is 11.4 Å². The molecule has 2 rings (SSSR count). The van der Waals surface area contributed by atoms with Gasteiger partial charge in [-0.3, -0.25) is 5.10 Å². The Morgan fingerprint density at radius 2 is 2.07 bits per heavy atom. The van der Waals surface area contributed by atoms with Crippen molar-refractivity contribution in [2.24, 2.45) is 5.73 Å². The van der Waals surface area contributed by atoms with Gasteiger partial charge in [0.25, 0.3) is 0 Å². The number of nitrogens with one attached hydrogen (secondary N) is 1. The van der Waals surface area contributed by atoms with Crippen molar-refractivity contribution >= 4 is 5.95 Å². The first-order valence-corrected chi connectivity index (χ1v) is 4.27. The van der Waals surface area contributed by atoms with Crippen LogP contribution in [0.15, 0.2) is 24.3 Å². The van der Waals surface area contributed by atoms with Gasteiger partial charge in [0.1, 0.15) is 0 Å². The number of nitrogens with two attached hydrogens (primary N) is 2. The number of nitrogen functional groups attached to an aromatic ring is 1. The van der Waals surface area contributed by atoms with Gasteiger partial charge in [0.2, 0.25) is 5.95 Å². The monoisotopic (exact) mass is 189 g/mol. The Kier molecular flexibility index (Phi) is 2.16. The number of aromatic nitrogens is 3. The molecule has 0 atom stereocenters. The van der Waals surface area contributed by atoms with E-state index in [0.29, 0.717) is 12.4 Å². The molecule has 0 spiro atoms. The number of hydrogen-bond acceptors (Lipinski definition) is 4. The van der Waals surface area contributed by atoms with Gasteiger partial charge in [0.05, 0.1) is 0 Å². The van der Waals surface area contributed by atoms with E-state index in [1.54, 1.807) is 0 Å². The summed E-state index contributed by atoms with van der Waals surface area (Å²) >= 11 is 0. The Morgan fingerprint density at radius 3 is 2.71 bits per heavy atom. The van der Waals surface area contributed by atoms with E-state index >= 15 is 0 Å². The molecular formula is C9H11N5. The van der Waals surface area contributed by atoms with E-state index in [-0.39, 0.29) is 5.95 Å². The molecule has 14 heavy (non-hydrogen) atoms. The van der Waals surface area contributed by atoms with Crippen LogP contribution < -0.4 is 11.5 Å². The average Bonchev–Trinajstić information content (AvgIpc) is 2.65. The molecule has 0 aliphatic heterocycles. The smallest absolute Gasteiger partial charge is 0.239 e. The van der Waals surface area contributed by atoms with Crippen molar-refractivity contribution < 1.29 is 0 Å². The van der Waals surface area contributed by atoms with Gasteiger partial charge < -0.3 is 11.5 Å². The first-order valence-electron chi connectivity index (χ1n) is 4.27. The van der Waals surface area contributed by atoms with Crippen molar-refractivity contribution in [2.45, 2.75) is 6.54 Å². The van der Waals surface area contributed by atoms with Gasteiger partial charge in [-0.25, -0.2) is 0 Å². The highest BCUT2D eigenvalue weighted by atomic mass is 15.3. The summed E-state index contributed by atoms with van der Waals surface area (Å²) in [5.74, 6) is 0.898. The zero-order valence-electron chi connectivity index (χ0n) is 7.57. The first kappa shape index (κ1) is 8.71. The number of rotatable bonds is 2. The molecule has 0 saturated carbocycles. The summed E-state index contributed by atoms with van der Waals surface area (Å²) in [6.07, 6.45) is 0. The van der Waals surface area contributed by atoms with Gasteiger partial charge in [-0.2, -0.15) is 4.98 Å². The maximum atomic E-state index is 5.60. The minimum atomic E-state index is 0.242. The third-order valence-electron chi connectivity index (χ3n) is 2.00. The quantitative estimate of drug-likeness (QED) is 0.641. The van der Waals surface area contributed by atoms with Crippen LogP contribution in [0, 0.1) is 0 Å². The average molecular weight is 189 g/mol. The van der Waals surface area contributed by atoms with E-state index < -0.39 is 0 Å². The third kappa shape index (κ3) is 1.45. The van der Waals surface area contributed by atoms with Crippen LogP contribution in [-0.4, -0.2) is 15.2 Å². The van der Waals surface area contributed by atoms with Crippen molar-refractivity contribution in [1.82, 2.24) is 15.2 Å². The lowest BCUT2D eigenvalue weighted by Gasteiger charge is -2.02. The van der Waals surface area contributed by atoms with Gasteiger partial charge in [0, 0.05) is 12.1 Å². The molecule has 0 aliphatic rings. The SMILES string of the molecule is NCc1ccccc1-c1nc(N)n[nH]1. The molecule has 1 heterocycles. The van der Waals surface area contributed by atoms with Crippen LogP contribution in [0.2, 0.25) is 0 Å². The lowest BCUT2D eigenvalue weighted by Crippen LogP contribution is -1.99. The number of aromatic amines is 1. The maximum absolute atomic E-state index is 5.60. The highest BCUT2D eigenvalue weighted by Crippen LogP contribution is 2.19. The summed E-state index contributed by atoms with van der Waals surface area (Å²) < 4.78 is 0. The highest BCUT2D eigenvalue weighted by Gasteiger charge is 2.06. The molecule has 2 aromatic rings. The number of nitrogens with zero attached hydrogens (tertiary/aromatic N) is 2. The second kappa shape index (κ2) is 3.47. The van der Waals surface area contributed by atoms with E-state index in [1.165, 1.54) is 0 Å². The third-order valence-corrected chi connectivity index (χ3v) is 2.00. The fraction of sp³-hybridized carbons (Fsp3) is 0.111. The molecule has 0 bridgehead atoms. The second-order valence-corrected chi connectivity index (χ2v) is 2.90. The Morgan fingerprint density at radius 1 is 1.29 bits per heavy atom. The minimum Gasteiger partial charge on any atom is -0.366 e. The second-order valence-electron chi connectivity index (χ2n) is 2.90. The topological polar surface area (TPSA) is 93.6 Å². The van der Waals surface area contributed by atoms with Crippen molar-refractivity contribution in [3.63, 3.8) is 0 Å². The van der Waals surface area contributed by atoms with Crippen LogP contribution in [-0.2, 0) is 6.54 Å². The fourth-order valence-corrected chi connectivity index (χ4v) is 1.32. The zero-order valence-corrected chi connectivity index (χ0v) is 7.57. The molecule has 0 radical (unpaired) electrons. The molecule has 1 aromatic carbocycles. The van der Waals surface area contributed by atoms with E-state index in [2.05, 4.69) is 15.2 Å². The van der Waals surface area contributed by atoms with Crippen LogP contribution in [0.1, 0.15) is 5.56 Å². The summed E-state index contributed by atoms with van der Waals surface area (Å²) in [6, 6.07) is 7.74. The molecule has 5 heteroatoms. The van der Waals surface area contributed by atoms with E-state index in [0.717, 1.165) is 11.1 Å². The largest absolute Gasteiger partial charge is 0.366 e. The van der Waals surface area contributed by atoms with Crippen LogP contribution in [0.3, 0.4) is 0 Å². The van der Waals surface area contributed by atoms with Crippen molar-refractivity contribution in [3.8, 4) is 11.4 Å². The minimum absolute atomic E-state index is 0.242. The summed E-state index contributed by atoms with van der Waals surface area (Å²) in [5, 5.41) is 6.52. The molecule has 0 saturated heterocycles. The van der Waals surface area contributed by atoms with Crippen LogP contribution >= 0.6 is 0 Å². The first-order chi connectivity index (χ1) is 6.81. The molecule has 0 fully saturated rings. The van der Waals surface area contributed by atoms with E-state index in [4.69, 9.17) is 11.5 Å². The molecule has 72 valence electrons. The van der Waals surface area contributed by atoms with E-state index in [1.807, 2.05) is 24.3 Å². The lowest BCUT2D eigenvalue weighted by molar-refractivity contribution is 1.05. The van der Waals surface area contributed by atoms with Crippen LogP contribution in [0.5, 0.6) is 0 Å². The van der Waals surface area contributed by atoms with Crippen molar-refractivity contribution in [1.29, 1.82) is 0 Å². The fourth-order valence-electron chi connectivity index (χ4n) is 1.32. The Hall–Kier alpha value is -1.88. The molecular weight excluding hydrogens is 178 g/mol. The van der Waals surface area contributed by atoms with Crippen LogP contribution in [0.4, 0.5) is 5.95 Å². The Balaban J connectivity index is 2.50. The van der Waals surface area contributed by atoms with Crippen molar-refractivity contribution in [3.05, 3.63) is 29.8 Å². The molecule has 0 aliphatic carbocycles. The Labute approximate surface area is 81.2 Å². The molecule has 1 aromatic heterocycles. The summed E-state index contributed by atoms with van der Waals surface area (Å²) in [5.41, 5.74) is 13.0. The van der Waals surface area contributed by atoms with Gasteiger partial charge in [0.15, 0.2) is 5.82 Å². The van der Waals surface area contributed by atoms with Crippen molar-refractivity contribution in [2.75, 3.05) is 5.73 Å². The van der Waals surface area contributed by atoms with Gasteiger partial charge in [-0.05, 0) is 5.56 Å². The van der Waals surface area contributed by atoms with Gasteiger partial charge in [-0.1, -0.05) is 24.3 Å². The number of anilines is 1. The number of hydrogen-bond donors (Lipinski definition) is 3. The molecule has 0 unspecified atom stereocenters. The highest BCUT2D eigenvalue weighted by molar-refractivity contribution is 5.60. The predicted octanol–water partition coefficient (Wildman–Crippen LogP) is 0.513. The lowest BCUT2D eigenvalue weighted by atomic mass is 10.1. The molecule has 5 N–H and O–H groups in total. The summed E-state index contributed by atoms with van der Waals surface area (Å²) in [7, 11) is 0. The normalized spacial score (nSPS) is 10.4. The van der Waals surface area contributed by atoms with E-state index in [9.17, 15) is 0 Å². The number of benzene rings is 1. The zero-order chi connectivity index (χ0) is 9.97. The number of H-pyrrole nitrogens is 1. The summed E-state index contributed by atoms with van der Waals surface area (Å²) in [6.45, 7) is 0.469.